The van der Waals surface area contributed by atoms with Crippen LogP contribution in [0.4, 0.5) is 0 Å². The standard InChI is InChI=1S/C20H30ClN3O2S3/c1-23(2)20(28)17(27)7-10-22-19(26)14-8-11-24(12-9-14)18(25)13-29-16-5-3-15(21)4-6-16/h3-6,14,17,20,27-28H,7-13H2,1-2H3,(H,22,26). The van der Waals surface area contributed by atoms with E-state index in [1.54, 1.807) is 0 Å². The topological polar surface area (TPSA) is 52.7 Å². The maximum atomic E-state index is 12.4. The van der Waals surface area contributed by atoms with Gasteiger partial charge >= 0.3 is 0 Å². The van der Waals surface area contributed by atoms with Crippen LogP contribution in [-0.2, 0) is 9.59 Å². The number of rotatable bonds is 9. The van der Waals surface area contributed by atoms with Crippen LogP contribution >= 0.6 is 48.6 Å². The highest BCUT2D eigenvalue weighted by Gasteiger charge is 2.27. The van der Waals surface area contributed by atoms with Gasteiger partial charge in [-0.15, -0.1) is 11.8 Å². The molecule has 0 aromatic heterocycles. The van der Waals surface area contributed by atoms with Gasteiger partial charge in [0.25, 0.3) is 0 Å². The number of amides is 2. The van der Waals surface area contributed by atoms with E-state index in [9.17, 15) is 9.59 Å². The lowest BCUT2D eigenvalue weighted by atomic mass is 9.96. The molecule has 1 aliphatic rings. The number of piperidine rings is 1. The third-order valence-electron chi connectivity index (χ3n) is 5.01. The van der Waals surface area contributed by atoms with Crippen LogP contribution in [0.25, 0.3) is 0 Å². The van der Waals surface area contributed by atoms with Gasteiger partial charge in [0, 0.05) is 40.7 Å². The van der Waals surface area contributed by atoms with Gasteiger partial charge in [-0.2, -0.15) is 25.3 Å². The third-order valence-corrected chi connectivity index (χ3v) is 7.85. The number of thiol groups is 2. The molecule has 1 fully saturated rings. The zero-order valence-electron chi connectivity index (χ0n) is 16.9. The summed E-state index contributed by atoms with van der Waals surface area (Å²) in [6.07, 6.45) is 2.18. The summed E-state index contributed by atoms with van der Waals surface area (Å²) in [7, 11) is 3.92. The number of nitrogens with one attached hydrogen (secondary N) is 1. The Labute approximate surface area is 194 Å². The number of hydrogen-bond donors (Lipinski definition) is 3. The maximum absolute atomic E-state index is 12.4. The van der Waals surface area contributed by atoms with Crippen molar-refractivity contribution >= 4 is 60.4 Å². The second-order valence-electron chi connectivity index (χ2n) is 7.42. The number of carbonyl (C=O) groups excluding carboxylic acids is 2. The zero-order valence-corrected chi connectivity index (χ0v) is 20.2. The SMILES string of the molecule is CN(C)C(S)C(S)CCNC(=O)C1CCN(C(=O)CSc2ccc(Cl)cc2)CC1. The van der Waals surface area contributed by atoms with E-state index < -0.39 is 0 Å². The second-order valence-corrected chi connectivity index (χ2v) is 10.1. The Kier molecular flexibility index (Phi) is 10.5. The number of hydrogen-bond acceptors (Lipinski definition) is 6. The minimum Gasteiger partial charge on any atom is -0.356 e. The molecule has 1 N–H and O–H groups in total. The van der Waals surface area contributed by atoms with Crippen molar-refractivity contribution in [2.45, 2.75) is 34.8 Å². The Morgan fingerprint density at radius 1 is 1.24 bits per heavy atom. The van der Waals surface area contributed by atoms with E-state index in [4.69, 9.17) is 11.6 Å². The van der Waals surface area contributed by atoms with Gasteiger partial charge in [0.1, 0.15) is 0 Å². The van der Waals surface area contributed by atoms with Crippen molar-refractivity contribution in [2.24, 2.45) is 5.92 Å². The van der Waals surface area contributed by atoms with Crippen molar-refractivity contribution in [3.8, 4) is 0 Å². The molecule has 0 spiro atoms. The van der Waals surface area contributed by atoms with Crippen LogP contribution in [-0.4, -0.2) is 71.7 Å². The number of halogens is 1. The van der Waals surface area contributed by atoms with E-state index in [1.165, 1.54) is 11.8 Å². The minimum absolute atomic E-state index is 0.0259. The molecule has 9 heteroatoms. The van der Waals surface area contributed by atoms with Gasteiger partial charge in [0.05, 0.1) is 11.1 Å². The molecule has 2 unspecified atom stereocenters. The van der Waals surface area contributed by atoms with Gasteiger partial charge in [-0.25, -0.2) is 0 Å². The van der Waals surface area contributed by atoms with Gasteiger partial charge in [-0.3, -0.25) is 14.5 Å². The second kappa shape index (κ2) is 12.3. The Balaban J connectivity index is 1.66. The normalized spacial score (nSPS) is 17.2. The number of carbonyl (C=O) groups is 2. The predicted octanol–water partition coefficient (Wildman–Crippen LogP) is 3.29. The van der Waals surface area contributed by atoms with Gasteiger partial charge in [0.15, 0.2) is 0 Å². The third kappa shape index (κ3) is 8.25. The monoisotopic (exact) mass is 475 g/mol. The quantitative estimate of drug-likeness (QED) is 0.291. The first kappa shape index (κ1) is 24.7. The van der Waals surface area contributed by atoms with E-state index in [0.717, 1.165) is 11.3 Å². The molecule has 0 radical (unpaired) electrons. The molecule has 29 heavy (non-hydrogen) atoms. The highest BCUT2D eigenvalue weighted by Crippen LogP contribution is 2.23. The Bertz CT molecular complexity index is 667. The lowest BCUT2D eigenvalue weighted by molar-refractivity contribution is -0.133. The van der Waals surface area contributed by atoms with E-state index in [0.29, 0.717) is 43.3 Å². The summed E-state index contributed by atoms with van der Waals surface area (Å²) in [4.78, 5) is 29.7. The summed E-state index contributed by atoms with van der Waals surface area (Å²) in [6, 6.07) is 7.48. The van der Waals surface area contributed by atoms with Crippen molar-refractivity contribution in [1.82, 2.24) is 15.1 Å². The molecule has 1 aromatic rings. The van der Waals surface area contributed by atoms with E-state index >= 15 is 0 Å². The highest BCUT2D eigenvalue weighted by atomic mass is 35.5. The fourth-order valence-corrected chi connectivity index (χ4v) is 4.61. The molecule has 2 atom stereocenters. The molecule has 1 heterocycles. The van der Waals surface area contributed by atoms with Crippen LogP contribution in [0.1, 0.15) is 19.3 Å². The molecule has 0 saturated carbocycles. The zero-order chi connectivity index (χ0) is 21.4. The molecule has 162 valence electrons. The Morgan fingerprint density at radius 3 is 2.45 bits per heavy atom. The summed E-state index contributed by atoms with van der Waals surface area (Å²) in [5.74, 6) is 0.569. The van der Waals surface area contributed by atoms with Gasteiger partial charge in [-0.05, 0) is 57.6 Å². The lowest BCUT2D eigenvalue weighted by Gasteiger charge is -2.31. The van der Waals surface area contributed by atoms with Crippen molar-refractivity contribution in [3.63, 3.8) is 0 Å². The van der Waals surface area contributed by atoms with Gasteiger partial charge in [-0.1, -0.05) is 11.6 Å². The average molecular weight is 476 g/mol. The first-order valence-electron chi connectivity index (χ1n) is 9.74. The van der Waals surface area contributed by atoms with Gasteiger partial charge < -0.3 is 10.2 Å². The minimum atomic E-state index is -0.0259. The van der Waals surface area contributed by atoms with Crippen molar-refractivity contribution in [2.75, 3.05) is 39.5 Å². The summed E-state index contributed by atoms with van der Waals surface area (Å²) < 4.78 is 0. The van der Waals surface area contributed by atoms with Crippen molar-refractivity contribution in [3.05, 3.63) is 29.3 Å². The fourth-order valence-electron chi connectivity index (χ4n) is 3.14. The lowest BCUT2D eigenvalue weighted by Crippen LogP contribution is -2.44. The molecule has 2 rings (SSSR count). The summed E-state index contributed by atoms with van der Waals surface area (Å²) in [6.45, 7) is 1.86. The van der Waals surface area contributed by atoms with Crippen LogP contribution in [0.15, 0.2) is 29.2 Å². The van der Waals surface area contributed by atoms with E-state index in [1.807, 2.05) is 48.2 Å². The fraction of sp³-hybridized carbons (Fsp3) is 0.600. The highest BCUT2D eigenvalue weighted by molar-refractivity contribution is 8.00. The number of likely N-dealkylation sites (tertiary alicyclic amines) is 1. The molecule has 0 bridgehead atoms. The molecule has 1 saturated heterocycles. The van der Waals surface area contributed by atoms with Crippen LogP contribution in [0.5, 0.6) is 0 Å². The van der Waals surface area contributed by atoms with Crippen LogP contribution < -0.4 is 5.32 Å². The van der Waals surface area contributed by atoms with Crippen LogP contribution in [0.2, 0.25) is 5.02 Å². The first-order chi connectivity index (χ1) is 13.8. The molecule has 1 aromatic carbocycles. The first-order valence-corrected chi connectivity index (χ1v) is 12.1. The molecule has 1 aliphatic heterocycles. The van der Waals surface area contributed by atoms with E-state index in [2.05, 4.69) is 30.6 Å². The summed E-state index contributed by atoms with van der Waals surface area (Å²) in [5, 5.41) is 3.84. The average Bonchev–Trinajstić information content (AvgIpc) is 2.72. The Morgan fingerprint density at radius 2 is 1.86 bits per heavy atom. The molecule has 5 nitrogen and oxygen atoms in total. The predicted molar refractivity (Wildman–Crippen MR) is 128 cm³/mol. The van der Waals surface area contributed by atoms with Crippen molar-refractivity contribution < 1.29 is 9.59 Å². The molecular weight excluding hydrogens is 446 g/mol. The van der Waals surface area contributed by atoms with Crippen molar-refractivity contribution in [1.29, 1.82) is 0 Å². The number of benzene rings is 1. The van der Waals surface area contributed by atoms with Gasteiger partial charge in [0.2, 0.25) is 11.8 Å². The smallest absolute Gasteiger partial charge is 0.232 e. The van der Waals surface area contributed by atoms with E-state index in [-0.39, 0.29) is 28.4 Å². The number of thioether (sulfide) groups is 1. The Hall–Kier alpha value is -0.540. The van der Waals surface area contributed by atoms with Crippen LogP contribution in [0.3, 0.4) is 0 Å². The molecular formula is C20H30ClN3O2S3. The summed E-state index contributed by atoms with van der Waals surface area (Å²) in [5.41, 5.74) is 0. The summed E-state index contributed by atoms with van der Waals surface area (Å²) >= 11 is 16.5. The number of nitrogens with zero attached hydrogens (tertiary/aromatic N) is 2. The largest absolute Gasteiger partial charge is 0.356 e. The molecule has 0 aliphatic carbocycles. The molecule has 2 amide bonds. The van der Waals surface area contributed by atoms with Crippen LogP contribution in [0, 0.1) is 5.92 Å². The maximum Gasteiger partial charge on any atom is 0.232 e.